The number of amides is 2. The standard InChI is InChI=1S/C25H37N5O3.B42/c1-7-8-9-21(27-24(32)33-25(2,3)4)23(31)29(6)20-11-10-18-12-13-30(22(18)14-20)16-19-15-28(5)17-26-19;1-23(2)34(24(3)4)39(33(21)22)42(40(35(25(5)6)26(7)8)36(27(9)10)28(11)12)41(37(29(13)14)30(15)16)38(31(17)18)32(19)20/h10-11,14-15,17,21H,7-9,12-13,16H2,1-6H3,(H,27,32);/t21-;/m0./s1. The molecule has 0 aliphatic carbocycles. The van der Waals surface area contributed by atoms with E-state index in [2.05, 4.69) is 34.3 Å². The molecule has 1 atom stereocenters. The number of carbonyl (C=O) groups is 2. The van der Waals surface area contributed by atoms with Crippen LogP contribution in [-0.4, -0.2) is 345 Å². The van der Waals surface area contributed by atoms with Crippen LogP contribution in [0.1, 0.15) is 58.2 Å². The summed E-state index contributed by atoms with van der Waals surface area (Å²) in [5, 5.41) is 2.78. The van der Waals surface area contributed by atoms with Gasteiger partial charge in [-0.15, -0.1) is 0 Å². The minimum absolute atomic E-state index is 0.150. The number of unbranched alkanes of at least 4 members (excludes halogenated alkanes) is 1. The predicted octanol–water partition coefficient (Wildman–Crippen LogP) is -12.0. The van der Waals surface area contributed by atoms with Gasteiger partial charge in [-0.1, -0.05) is 25.8 Å². The molecule has 44 radical (unpaired) electrons. The van der Waals surface area contributed by atoms with Crippen LogP contribution in [0.3, 0.4) is 0 Å². The average Bonchev–Trinajstić information content (AvgIpc) is 3.86. The lowest BCUT2D eigenvalue weighted by atomic mass is 8.27. The van der Waals surface area contributed by atoms with Gasteiger partial charge in [0.1, 0.15) is 11.6 Å². The van der Waals surface area contributed by atoms with E-state index in [1.165, 1.54) is 5.56 Å². The lowest BCUT2D eigenvalue weighted by Crippen LogP contribution is -2.93. The van der Waals surface area contributed by atoms with Gasteiger partial charge in [0, 0.05) is 336 Å². The number of aryl methyl sites for hydroxylation is 1. The van der Waals surface area contributed by atoms with Crippen molar-refractivity contribution in [3.8, 4) is 0 Å². The number of nitrogens with zero attached hydrogens (tertiary/aromatic N) is 4. The molecule has 1 aromatic carbocycles. The lowest BCUT2D eigenvalue weighted by molar-refractivity contribution is -0.120. The number of carbonyl (C=O) groups excluding carboxylic acids is 2. The van der Waals surface area contributed by atoms with Crippen LogP contribution in [0.2, 0.25) is 0 Å². The molecule has 1 aromatic heterocycles. The molecule has 306 valence electrons. The molecule has 50 heteroatoms. The molecule has 0 spiro atoms. The molecule has 2 amide bonds. The van der Waals surface area contributed by atoms with Gasteiger partial charge in [0.25, 0.3) is 0 Å². The third-order valence-electron chi connectivity index (χ3n) is 14.2. The number of imidazole rings is 1. The zero-order chi connectivity index (χ0) is 57.7. The van der Waals surface area contributed by atoms with Gasteiger partial charge in [0.15, 0.2) is 0 Å². The Morgan fingerprint density at radius 2 is 1.03 bits per heavy atom. The summed E-state index contributed by atoms with van der Waals surface area (Å²) in [6.45, 7) is 9.14. The first-order valence-electron chi connectivity index (χ1n) is 25.4. The average molecular weight is 910 g/mol. The monoisotopic (exact) mass is 918 g/mol. The number of likely N-dealkylation sites (N-methyl/N-ethyl adjacent to an activating group) is 1. The van der Waals surface area contributed by atoms with Gasteiger partial charge < -0.3 is 24.4 Å². The van der Waals surface area contributed by atoms with Crippen LogP contribution in [0.5, 0.6) is 0 Å². The Morgan fingerprint density at radius 1 is 0.640 bits per heavy atom. The Kier molecular flexibility index (Phi) is 30.6. The van der Waals surface area contributed by atoms with Crippen molar-refractivity contribution in [3.05, 3.63) is 42.0 Å². The third-order valence-corrected chi connectivity index (χ3v) is 14.2. The van der Waals surface area contributed by atoms with E-state index in [4.69, 9.17) is 175 Å². The molecule has 1 aliphatic heterocycles. The molecule has 75 heavy (non-hydrogen) atoms. The minimum atomic E-state index is -1.30. The molecule has 1 N–H and O–H groups in total. The van der Waals surface area contributed by atoms with Crippen LogP contribution in [0.4, 0.5) is 16.2 Å². The van der Waals surface area contributed by atoms with E-state index in [1.807, 2.05) is 51.0 Å². The van der Waals surface area contributed by atoms with Gasteiger partial charge in [-0.05, 0) is 51.3 Å². The highest BCUT2D eigenvalue weighted by molar-refractivity contribution is 8.33. The molecule has 3 rings (SSSR count). The summed E-state index contributed by atoms with van der Waals surface area (Å²) in [7, 11) is 142. The van der Waals surface area contributed by atoms with E-state index in [1.54, 1.807) is 11.9 Å². The van der Waals surface area contributed by atoms with Crippen molar-refractivity contribution in [1.82, 2.24) is 14.9 Å². The van der Waals surface area contributed by atoms with Crippen molar-refractivity contribution in [2.45, 2.75) is 71.6 Å². The highest BCUT2D eigenvalue weighted by Crippen LogP contribution is 2.33. The molecule has 8 nitrogen and oxygen atoms in total. The minimum Gasteiger partial charge on any atom is -0.444 e. The van der Waals surface area contributed by atoms with E-state index >= 15 is 0 Å². The second-order valence-electron chi connectivity index (χ2n) is 21.3. The van der Waals surface area contributed by atoms with Gasteiger partial charge in [-0.25, -0.2) is 9.78 Å². The maximum absolute atomic E-state index is 13.4. The number of alkyl carbamates (subject to hydrolysis) is 1. The number of aromatic nitrogens is 2. The SMILES string of the molecule is CCCC[C@H](NC(=O)OC(C)(C)C)C(=O)N(C)c1ccc2c(c1)N(Cc1cn(C)cn1)CC2.[B]B([B])B(B([B])[B])B(B([B])[B])B(B(B(B([B])[B])B([B])[B])B(B([B])[B])B([B])[B])B(B(B([B])[B])B([B])[B])B(B([B])[B])B([B])[B]. The molecule has 0 saturated carbocycles. The first-order valence-corrected chi connectivity index (χ1v) is 25.4. The zero-order valence-electron chi connectivity index (χ0n) is 45.0. The van der Waals surface area contributed by atoms with Crippen LogP contribution in [0.15, 0.2) is 30.7 Å². The molecule has 0 fully saturated rings. The summed E-state index contributed by atoms with van der Waals surface area (Å²) < 4.78 is 7.33. The van der Waals surface area contributed by atoms with E-state index in [0.717, 1.165) is 49.4 Å². The first kappa shape index (κ1) is 70.8. The highest BCUT2D eigenvalue weighted by Gasteiger charge is 2.57. The number of nitrogens with one attached hydrogen (secondary N) is 1. The largest absolute Gasteiger partial charge is 0.444 e. The molecule has 2 heterocycles. The number of ether oxygens (including phenoxy) is 1. The Morgan fingerprint density at radius 3 is 1.37 bits per heavy atom. The Hall–Kier alpha value is -0.303. The Bertz CT molecular complexity index is 1890. The fourth-order valence-electron chi connectivity index (χ4n) is 11.0. The smallest absolute Gasteiger partial charge is 0.408 e. The van der Waals surface area contributed by atoms with E-state index in [-0.39, 0.29) is 5.91 Å². The molecule has 0 bridgehead atoms. The molecule has 0 saturated heterocycles. The maximum atomic E-state index is 13.4. The van der Waals surface area contributed by atoms with E-state index in [9.17, 15) is 9.59 Å². The first-order chi connectivity index (χ1) is 34.6. The number of anilines is 2. The molecular formula is C25H37B42N5O3. The van der Waals surface area contributed by atoms with Crippen molar-refractivity contribution >= 4 is 321 Å². The van der Waals surface area contributed by atoms with Crippen LogP contribution in [-0.2, 0) is 29.5 Å². The summed E-state index contributed by atoms with van der Waals surface area (Å²) in [5.74, 6) is -0.150. The summed E-state index contributed by atoms with van der Waals surface area (Å²) >= 11 is 0. The second-order valence-corrected chi connectivity index (χ2v) is 21.3. The molecule has 1 aliphatic rings. The fraction of sp³-hybridized carbons (Fsp3) is 0.560. The van der Waals surface area contributed by atoms with Crippen LogP contribution < -0.4 is 15.1 Å². The van der Waals surface area contributed by atoms with Crippen molar-refractivity contribution in [3.63, 3.8) is 0 Å². The number of fused-ring (bicyclic) bond motifs is 1. The van der Waals surface area contributed by atoms with Crippen molar-refractivity contribution < 1.29 is 14.3 Å². The third kappa shape index (κ3) is 20.6. The summed E-state index contributed by atoms with van der Waals surface area (Å²) in [4.78, 5) is 34.1. The van der Waals surface area contributed by atoms with Crippen LogP contribution >= 0.6 is 0 Å². The second kappa shape index (κ2) is 32.4. The van der Waals surface area contributed by atoms with Gasteiger partial charge in [-0.3, -0.25) is 4.79 Å². The number of hydrogen-bond acceptors (Lipinski definition) is 5. The highest BCUT2D eigenvalue weighted by atomic mass is 16.6. The summed E-state index contributed by atoms with van der Waals surface area (Å²) in [5.41, 5.74) is 3.60. The van der Waals surface area contributed by atoms with E-state index in [0.29, 0.717) is 6.42 Å². The topological polar surface area (TPSA) is 79.7 Å². The fourth-order valence-corrected chi connectivity index (χ4v) is 11.0. The van der Waals surface area contributed by atoms with Crippen molar-refractivity contribution in [1.29, 1.82) is 0 Å². The number of hydrogen-bond donors (Lipinski definition) is 1. The van der Waals surface area contributed by atoms with Gasteiger partial charge in [0.2, 0.25) is 5.91 Å². The van der Waals surface area contributed by atoms with Gasteiger partial charge in [0.05, 0.1) is 18.6 Å². The maximum Gasteiger partial charge on any atom is 0.408 e. The summed E-state index contributed by atoms with van der Waals surface area (Å²) in [6.07, 6.45) is -16.9. The zero-order valence-corrected chi connectivity index (χ0v) is 45.0. The number of benzene rings is 1. The predicted molar refractivity (Wildman–Crippen MR) is 372 cm³/mol. The van der Waals surface area contributed by atoms with Gasteiger partial charge >= 0.3 is 6.09 Å². The summed E-state index contributed by atoms with van der Waals surface area (Å²) in [6, 6.07) is 5.50. The molecular weight excluding hydrogens is 872 g/mol. The van der Waals surface area contributed by atoms with Gasteiger partial charge in [-0.2, -0.15) is 0 Å². The lowest BCUT2D eigenvalue weighted by Gasteiger charge is -2.55. The van der Waals surface area contributed by atoms with Crippen LogP contribution in [0.25, 0.3) is 0 Å². The molecule has 0 unspecified atom stereocenters. The Balaban J connectivity index is 0.000000526. The van der Waals surface area contributed by atoms with E-state index < -0.39 is 145 Å². The normalized spacial score (nSPS) is 11.6. The van der Waals surface area contributed by atoms with Crippen molar-refractivity contribution in [2.75, 3.05) is 23.4 Å². The van der Waals surface area contributed by atoms with Crippen LogP contribution in [0, 0.1) is 0 Å². The molecule has 2 aromatic rings. The number of rotatable bonds is 27. The Labute approximate surface area is 491 Å². The van der Waals surface area contributed by atoms with Crippen molar-refractivity contribution in [2.24, 2.45) is 7.05 Å². The quantitative estimate of drug-likeness (QED) is 0.0904.